The molecule has 0 radical (unpaired) electrons. The Morgan fingerprint density at radius 3 is 2.06 bits per heavy atom. The van der Waals surface area contributed by atoms with Gasteiger partial charge in [0.05, 0.1) is 0 Å². The Bertz CT molecular complexity index is 273. The van der Waals surface area contributed by atoms with Gasteiger partial charge in [-0.25, -0.2) is 4.79 Å². The first kappa shape index (κ1) is 12.5. The van der Waals surface area contributed by atoms with Crippen LogP contribution in [0.25, 0.3) is 0 Å². The first-order chi connectivity index (χ1) is 7.96. The molecule has 2 rings (SSSR count). The quantitative estimate of drug-likeness (QED) is 0.772. The third-order valence-electron chi connectivity index (χ3n) is 3.40. The number of halogens is 3. The van der Waals surface area contributed by atoms with E-state index in [9.17, 15) is 18.0 Å². The third-order valence-corrected chi connectivity index (χ3v) is 3.40. The van der Waals surface area contributed by atoms with Gasteiger partial charge in [0.2, 0.25) is 0 Å². The number of nitrogens with one attached hydrogen (secondary N) is 2. The van der Waals surface area contributed by atoms with Crippen LogP contribution in [0.4, 0.5) is 18.0 Å². The van der Waals surface area contributed by atoms with Crippen molar-refractivity contribution in [1.82, 2.24) is 10.6 Å². The molecule has 2 aliphatic carbocycles. The first-order valence-corrected chi connectivity index (χ1v) is 6.04. The summed E-state index contributed by atoms with van der Waals surface area (Å²) in [6.07, 6.45) is 0.462. The second-order valence-electron chi connectivity index (χ2n) is 5.02. The predicted octanol–water partition coefficient (Wildman–Crippen LogP) is 2.28. The number of carbonyl (C=O) groups is 1. The molecule has 2 fully saturated rings. The van der Waals surface area contributed by atoms with E-state index >= 15 is 0 Å². The molecule has 0 spiro atoms. The van der Waals surface area contributed by atoms with Crippen molar-refractivity contribution in [2.75, 3.05) is 13.1 Å². The minimum atomic E-state index is -4.34. The fourth-order valence-corrected chi connectivity index (χ4v) is 2.22. The van der Waals surface area contributed by atoms with Crippen LogP contribution in [0.15, 0.2) is 0 Å². The van der Waals surface area contributed by atoms with E-state index < -0.39 is 18.8 Å². The van der Waals surface area contributed by atoms with Crippen molar-refractivity contribution >= 4 is 6.03 Å². The fraction of sp³-hybridized carbons (Fsp3) is 0.909. The minimum Gasteiger partial charge on any atom is -0.338 e. The molecule has 2 saturated carbocycles. The molecule has 0 saturated heterocycles. The van der Waals surface area contributed by atoms with E-state index in [1.54, 1.807) is 0 Å². The van der Waals surface area contributed by atoms with Gasteiger partial charge in [0.1, 0.15) is 6.54 Å². The van der Waals surface area contributed by atoms with E-state index in [0.29, 0.717) is 24.3 Å². The van der Waals surface area contributed by atoms with Crippen molar-refractivity contribution in [3.8, 4) is 0 Å². The van der Waals surface area contributed by atoms with E-state index in [1.165, 1.54) is 25.7 Å². The average Bonchev–Trinajstić information content (AvgIpc) is 3.06. The van der Waals surface area contributed by atoms with Crippen molar-refractivity contribution in [3.63, 3.8) is 0 Å². The Morgan fingerprint density at radius 2 is 1.65 bits per heavy atom. The molecular formula is C11H17F3N2O. The number of rotatable bonds is 5. The molecule has 0 heterocycles. The predicted molar refractivity (Wildman–Crippen MR) is 56.4 cm³/mol. The smallest absolute Gasteiger partial charge is 0.338 e. The summed E-state index contributed by atoms with van der Waals surface area (Å²) >= 11 is 0. The van der Waals surface area contributed by atoms with Gasteiger partial charge in [0.25, 0.3) is 0 Å². The van der Waals surface area contributed by atoms with Gasteiger partial charge in [-0.2, -0.15) is 13.2 Å². The maximum atomic E-state index is 11.8. The summed E-state index contributed by atoms with van der Waals surface area (Å²) in [5.41, 5.74) is 0. The van der Waals surface area contributed by atoms with E-state index in [-0.39, 0.29) is 0 Å². The van der Waals surface area contributed by atoms with E-state index in [2.05, 4.69) is 5.32 Å². The molecule has 2 N–H and O–H groups in total. The van der Waals surface area contributed by atoms with Crippen LogP contribution in [-0.2, 0) is 0 Å². The zero-order valence-corrected chi connectivity index (χ0v) is 9.52. The summed E-state index contributed by atoms with van der Waals surface area (Å²) in [4.78, 5) is 11.2. The standard InChI is InChI=1S/C11H17F3N2O/c12-11(13,14)6-16-10(17)15-5-9(7-1-2-7)8-3-4-8/h7-9H,1-6H2,(H2,15,16,17). The topological polar surface area (TPSA) is 41.1 Å². The number of hydrogen-bond acceptors (Lipinski definition) is 1. The van der Waals surface area contributed by atoms with Crippen LogP contribution >= 0.6 is 0 Å². The van der Waals surface area contributed by atoms with Crippen LogP contribution in [0.1, 0.15) is 25.7 Å². The molecule has 3 nitrogen and oxygen atoms in total. The van der Waals surface area contributed by atoms with Crippen LogP contribution in [0.5, 0.6) is 0 Å². The van der Waals surface area contributed by atoms with Gasteiger partial charge in [0.15, 0.2) is 0 Å². The van der Waals surface area contributed by atoms with Gasteiger partial charge >= 0.3 is 12.2 Å². The van der Waals surface area contributed by atoms with Crippen molar-refractivity contribution in [1.29, 1.82) is 0 Å². The zero-order valence-electron chi connectivity index (χ0n) is 9.52. The second-order valence-corrected chi connectivity index (χ2v) is 5.02. The van der Waals surface area contributed by atoms with Crippen LogP contribution < -0.4 is 10.6 Å². The zero-order chi connectivity index (χ0) is 12.5. The molecule has 98 valence electrons. The normalized spacial score (nSPS) is 20.5. The highest BCUT2D eigenvalue weighted by molar-refractivity contribution is 5.73. The molecule has 0 atom stereocenters. The molecule has 0 aliphatic heterocycles. The fourth-order valence-electron chi connectivity index (χ4n) is 2.22. The van der Waals surface area contributed by atoms with Crippen LogP contribution in [0, 0.1) is 17.8 Å². The highest BCUT2D eigenvalue weighted by Gasteiger charge is 2.41. The molecule has 0 unspecified atom stereocenters. The van der Waals surface area contributed by atoms with E-state index in [0.717, 1.165) is 0 Å². The summed E-state index contributed by atoms with van der Waals surface area (Å²) in [6, 6.07) is -0.714. The molecule has 17 heavy (non-hydrogen) atoms. The lowest BCUT2D eigenvalue weighted by molar-refractivity contribution is -0.122. The van der Waals surface area contributed by atoms with Crippen LogP contribution in [0.2, 0.25) is 0 Å². The molecule has 6 heteroatoms. The number of amides is 2. The monoisotopic (exact) mass is 250 g/mol. The summed E-state index contributed by atoms with van der Waals surface area (Å²) in [7, 11) is 0. The Morgan fingerprint density at radius 1 is 1.12 bits per heavy atom. The maximum Gasteiger partial charge on any atom is 0.405 e. The third kappa shape index (κ3) is 4.44. The first-order valence-electron chi connectivity index (χ1n) is 6.04. The van der Waals surface area contributed by atoms with Crippen LogP contribution in [0.3, 0.4) is 0 Å². The summed E-state index contributed by atoms with van der Waals surface area (Å²) in [6.45, 7) is -0.755. The SMILES string of the molecule is O=C(NCC(C1CC1)C1CC1)NCC(F)(F)F. The minimum absolute atomic E-state index is 0.478. The summed E-state index contributed by atoms with van der Waals surface area (Å²) < 4.78 is 35.5. The second kappa shape index (κ2) is 4.74. The average molecular weight is 250 g/mol. The Labute approximate surface area is 98.1 Å². The largest absolute Gasteiger partial charge is 0.405 e. The van der Waals surface area contributed by atoms with Crippen molar-refractivity contribution in [2.24, 2.45) is 17.8 Å². The molecule has 2 amide bonds. The number of hydrogen-bond donors (Lipinski definition) is 2. The van der Waals surface area contributed by atoms with Gasteiger partial charge in [0, 0.05) is 6.54 Å². The van der Waals surface area contributed by atoms with Gasteiger partial charge < -0.3 is 10.6 Å². The molecule has 2 aliphatic rings. The summed E-state index contributed by atoms with van der Waals surface area (Å²) in [5.74, 6) is 1.85. The van der Waals surface area contributed by atoms with Gasteiger partial charge in [-0.05, 0) is 43.4 Å². The lowest BCUT2D eigenvalue weighted by Gasteiger charge is -2.16. The van der Waals surface area contributed by atoms with Gasteiger partial charge in [-0.15, -0.1) is 0 Å². The van der Waals surface area contributed by atoms with Crippen molar-refractivity contribution < 1.29 is 18.0 Å². The highest BCUT2D eigenvalue weighted by atomic mass is 19.4. The molecule has 0 aromatic heterocycles. The Hall–Kier alpha value is -0.940. The van der Waals surface area contributed by atoms with E-state index in [1.807, 2.05) is 5.32 Å². The number of urea groups is 1. The van der Waals surface area contributed by atoms with Gasteiger partial charge in [-0.1, -0.05) is 0 Å². The maximum absolute atomic E-state index is 11.8. The number of alkyl halides is 3. The lowest BCUT2D eigenvalue weighted by atomic mass is 9.98. The number of carbonyl (C=O) groups excluding carboxylic acids is 1. The van der Waals surface area contributed by atoms with Crippen molar-refractivity contribution in [3.05, 3.63) is 0 Å². The Balaban J connectivity index is 1.64. The lowest BCUT2D eigenvalue weighted by Crippen LogP contribution is -2.42. The molecule has 0 bridgehead atoms. The molecule has 0 aromatic carbocycles. The van der Waals surface area contributed by atoms with E-state index in [4.69, 9.17) is 0 Å². The summed E-state index contributed by atoms with van der Waals surface area (Å²) in [5, 5.41) is 4.37. The highest BCUT2D eigenvalue weighted by Crippen LogP contribution is 2.48. The van der Waals surface area contributed by atoms with Crippen LogP contribution in [-0.4, -0.2) is 25.3 Å². The Kier molecular flexibility index (Phi) is 3.49. The molecular weight excluding hydrogens is 233 g/mol. The van der Waals surface area contributed by atoms with Crippen molar-refractivity contribution in [2.45, 2.75) is 31.9 Å². The van der Waals surface area contributed by atoms with Gasteiger partial charge in [-0.3, -0.25) is 0 Å². The molecule has 0 aromatic rings.